The predicted molar refractivity (Wildman–Crippen MR) is 74.8 cm³/mol. The third kappa shape index (κ3) is 2.10. The molecule has 100 valence electrons. The first-order valence-electron chi connectivity index (χ1n) is 6.56. The molecule has 0 radical (unpaired) electrons. The van der Waals surface area contributed by atoms with E-state index in [2.05, 4.69) is 4.98 Å². The predicted octanol–water partition coefficient (Wildman–Crippen LogP) is 3.17. The van der Waals surface area contributed by atoms with Crippen LogP contribution in [0.4, 0.5) is 0 Å². The number of nitrogens with one attached hydrogen (secondary N) is 1. The highest BCUT2D eigenvalue weighted by Crippen LogP contribution is 2.38. The summed E-state index contributed by atoms with van der Waals surface area (Å²) in [4.78, 5) is 3.58. The number of fused-ring (bicyclic) bond motifs is 1. The largest absolute Gasteiger partial charge is 0.365 e. The normalized spacial score (nSPS) is 19.1. The second-order valence-corrected chi connectivity index (χ2v) is 7.28. The average molecular weight is 275 g/mol. The highest BCUT2D eigenvalue weighted by molar-refractivity contribution is 7.91. The van der Waals surface area contributed by atoms with Crippen molar-refractivity contribution in [1.82, 2.24) is 4.98 Å². The van der Waals surface area contributed by atoms with Crippen molar-refractivity contribution in [2.24, 2.45) is 0 Å². The van der Waals surface area contributed by atoms with Crippen molar-refractivity contribution in [2.45, 2.75) is 36.3 Å². The molecule has 0 saturated carbocycles. The van der Waals surface area contributed by atoms with Crippen LogP contribution in [-0.4, -0.2) is 13.4 Å². The van der Waals surface area contributed by atoms with Crippen molar-refractivity contribution in [3.63, 3.8) is 0 Å². The van der Waals surface area contributed by atoms with Gasteiger partial charge < -0.3 is 4.98 Å². The summed E-state index contributed by atoms with van der Waals surface area (Å²) in [6.45, 7) is 1.96. The van der Waals surface area contributed by atoms with Crippen molar-refractivity contribution in [1.29, 1.82) is 0 Å². The average Bonchev–Trinajstić information content (AvgIpc) is 2.87. The molecule has 1 aliphatic carbocycles. The molecule has 0 spiro atoms. The van der Waals surface area contributed by atoms with E-state index in [1.807, 2.05) is 31.3 Å². The van der Waals surface area contributed by atoms with Gasteiger partial charge in [0.1, 0.15) is 0 Å². The van der Waals surface area contributed by atoms with Gasteiger partial charge in [-0.15, -0.1) is 0 Å². The Balaban J connectivity index is 2.05. The molecule has 0 aliphatic heterocycles. The molecule has 0 amide bonds. The Labute approximate surface area is 113 Å². The van der Waals surface area contributed by atoms with Gasteiger partial charge in [0.2, 0.25) is 0 Å². The lowest BCUT2D eigenvalue weighted by Crippen LogP contribution is -2.18. The smallest absolute Gasteiger partial charge is 0.185 e. The van der Waals surface area contributed by atoms with Crippen LogP contribution in [0.3, 0.4) is 0 Å². The summed E-state index contributed by atoms with van der Waals surface area (Å²) in [5.74, 6) is 0. The lowest BCUT2D eigenvalue weighted by Gasteiger charge is -2.22. The molecule has 1 aromatic heterocycles. The lowest BCUT2D eigenvalue weighted by atomic mass is 9.98. The summed E-state index contributed by atoms with van der Waals surface area (Å²) in [6.07, 6.45) is 4.42. The first kappa shape index (κ1) is 12.5. The Morgan fingerprint density at radius 1 is 1.16 bits per heavy atom. The molecule has 2 aromatic rings. The van der Waals surface area contributed by atoms with Gasteiger partial charge in [-0.25, -0.2) is 8.42 Å². The van der Waals surface area contributed by atoms with Crippen LogP contribution in [-0.2, 0) is 16.3 Å². The fourth-order valence-corrected chi connectivity index (χ4v) is 4.64. The van der Waals surface area contributed by atoms with Gasteiger partial charge >= 0.3 is 0 Å². The van der Waals surface area contributed by atoms with Gasteiger partial charge in [0, 0.05) is 11.9 Å². The fraction of sp³-hybridized carbons (Fsp3) is 0.333. The van der Waals surface area contributed by atoms with E-state index in [4.69, 9.17) is 0 Å². The number of sulfone groups is 1. The Kier molecular flexibility index (Phi) is 2.97. The molecule has 3 nitrogen and oxygen atoms in total. The fourth-order valence-electron chi connectivity index (χ4n) is 2.77. The first-order chi connectivity index (χ1) is 9.09. The van der Waals surface area contributed by atoms with Crippen molar-refractivity contribution >= 4 is 9.84 Å². The quantitative estimate of drug-likeness (QED) is 0.915. The van der Waals surface area contributed by atoms with Crippen molar-refractivity contribution in [2.75, 3.05) is 0 Å². The number of H-pyrrole nitrogens is 1. The number of benzene rings is 1. The maximum absolute atomic E-state index is 12.7. The minimum absolute atomic E-state index is 0.398. The Morgan fingerprint density at radius 2 is 1.89 bits per heavy atom. The van der Waals surface area contributed by atoms with E-state index >= 15 is 0 Å². The van der Waals surface area contributed by atoms with E-state index in [0.29, 0.717) is 11.3 Å². The van der Waals surface area contributed by atoms with E-state index < -0.39 is 15.1 Å². The van der Waals surface area contributed by atoms with Crippen LogP contribution in [0.25, 0.3) is 0 Å². The number of hydrogen-bond donors (Lipinski definition) is 1. The Morgan fingerprint density at radius 3 is 2.63 bits per heavy atom. The Bertz CT molecular complexity index is 683. The lowest BCUT2D eigenvalue weighted by molar-refractivity contribution is 0.559. The number of aromatic amines is 1. The first-order valence-corrected chi connectivity index (χ1v) is 8.10. The van der Waals surface area contributed by atoms with Gasteiger partial charge in [-0.1, -0.05) is 17.7 Å². The van der Waals surface area contributed by atoms with Crippen LogP contribution in [0.15, 0.2) is 41.4 Å². The summed E-state index contributed by atoms with van der Waals surface area (Å²) in [5.41, 5.74) is 3.10. The Hall–Kier alpha value is -1.55. The van der Waals surface area contributed by atoms with Crippen LogP contribution in [0.1, 0.15) is 34.9 Å². The minimum atomic E-state index is -3.28. The van der Waals surface area contributed by atoms with E-state index in [1.165, 1.54) is 0 Å². The third-order valence-electron chi connectivity index (χ3n) is 3.83. The molecule has 0 saturated heterocycles. The number of aryl methyl sites for hydroxylation is 2. The van der Waals surface area contributed by atoms with Crippen LogP contribution in [0, 0.1) is 6.92 Å². The van der Waals surface area contributed by atoms with E-state index in [1.54, 1.807) is 12.1 Å². The molecule has 4 heteroatoms. The molecule has 1 N–H and O–H groups in total. The summed E-state index contributed by atoms with van der Waals surface area (Å²) in [7, 11) is -3.28. The van der Waals surface area contributed by atoms with E-state index in [9.17, 15) is 8.42 Å². The molecule has 1 heterocycles. The zero-order chi connectivity index (χ0) is 13.5. The zero-order valence-electron chi connectivity index (χ0n) is 10.9. The molecule has 1 unspecified atom stereocenters. The number of hydrogen-bond acceptors (Lipinski definition) is 2. The van der Waals surface area contributed by atoms with Gasteiger partial charge in [-0.3, -0.25) is 0 Å². The van der Waals surface area contributed by atoms with Gasteiger partial charge in [-0.2, -0.15) is 0 Å². The van der Waals surface area contributed by atoms with Gasteiger partial charge in [-0.05, 0) is 49.9 Å². The molecule has 0 fully saturated rings. The molecule has 19 heavy (non-hydrogen) atoms. The molecule has 0 bridgehead atoms. The summed E-state index contributed by atoms with van der Waals surface area (Å²) >= 11 is 0. The van der Waals surface area contributed by atoms with Gasteiger partial charge in [0.15, 0.2) is 9.84 Å². The minimum Gasteiger partial charge on any atom is -0.365 e. The maximum Gasteiger partial charge on any atom is 0.185 e. The van der Waals surface area contributed by atoms with E-state index in [0.717, 1.165) is 29.7 Å². The number of rotatable bonds is 2. The van der Waals surface area contributed by atoms with Gasteiger partial charge in [0.05, 0.1) is 10.1 Å². The zero-order valence-corrected chi connectivity index (χ0v) is 11.7. The number of aromatic nitrogens is 1. The highest BCUT2D eigenvalue weighted by atomic mass is 32.2. The summed E-state index contributed by atoms with van der Waals surface area (Å²) < 4.78 is 25.5. The molecule has 1 aromatic carbocycles. The van der Waals surface area contributed by atoms with E-state index in [-0.39, 0.29) is 0 Å². The second-order valence-electron chi connectivity index (χ2n) is 5.15. The van der Waals surface area contributed by atoms with Crippen molar-refractivity contribution in [3.8, 4) is 0 Å². The van der Waals surface area contributed by atoms with Crippen LogP contribution < -0.4 is 0 Å². The van der Waals surface area contributed by atoms with Gasteiger partial charge in [0.25, 0.3) is 0 Å². The maximum atomic E-state index is 12.7. The van der Waals surface area contributed by atoms with Crippen LogP contribution in [0.2, 0.25) is 0 Å². The second kappa shape index (κ2) is 4.53. The van der Waals surface area contributed by atoms with Crippen molar-refractivity contribution in [3.05, 3.63) is 53.3 Å². The molecule has 1 aliphatic rings. The summed E-state index contributed by atoms with van der Waals surface area (Å²) in [5, 5.41) is -0.398. The molecule has 1 atom stereocenters. The monoisotopic (exact) mass is 275 g/mol. The van der Waals surface area contributed by atoms with Crippen molar-refractivity contribution < 1.29 is 8.42 Å². The standard InChI is InChI=1S/C15H17NO2S/c1-11-5-7-12(8-6-11)19(17,18)15-4-2-3-14-13(15)9-10-16-14/h5-10,15-16H,2-4H2,1H3. The van der Waals surface area contributed by atoms with Crippen LogP contribution in [0.5, 0.6) is 0 Å². The highest BCUT2D eigenvalue weighted by Gasteiger charge is 2.33. The molecule has 3 rings (SSSR count). The molecular formula is C15H17NO2S. The third-order valence-corrected chi connectivity index (χ3v) is 6.00. The summed E-state index contributed by atoms with van der Waals surface area (Å²) in [6, 6.07) is 9.05. The van der Waals surface area contributed by atoms with Crippen LogP contribution >= 0.6 is 0 Å². The molecular weight excluding hydrogens is 258 g/mol. The SMILES string of the molecule is Cc1ccc(S(=O)(=O)C2CCCc3[nH]ccc32)cc1. The topological polar surface area (TPSA) is 49.9 Å².